The van der Waals surface area contributed by atoms with E-state index >= 15 is 0 Å². The van der Waals surface area contributed by atoms with Gasteiger partial charge in [-0.2, -0.15) is 0 Å². The van der Waals surface area contributed by atoms with Gasteiger partial charge in [0.2, 0.25) is 0 Å². The SMILES string of the molecule is CC(C(O)c1ccc(F)c2ccccc12)S(C)(=O)=O. The summed E-state index contributed by atoms with van der Waals surface area (Å²) in [5, 5.41) is 10.2. The van der Waals surface area contributed by atoms with E-state index in [2.05, 4.69) is 0 Å². The van der Waals surface area contributed by atoms with E-state index in [-0.39, 0.29) is 0 Å². The Kier molecular flexibility index (Phi) is 3.60. The molecule has 2 rings (SSSR count). The van der Waals surface area contributed by atoms with Crippen LogP contribution in [-0.4, -0.2) is 25.0 Å². The molecule has 0 saturated heterocycles. The molecular weight excluding hydrogens is 267 g/mol. The third kappa shape index (κ3) is 2.62. The van der Waals surface area contributed by atoms with Crippen LogP contribution in [-0.2, 0) is 9.84 Å². The van der Waals surface area contributed by atoms with Crippen molar-refractivity contribution in [3.05, 3.63) is 47.8 Å². The van der Waals surface area contributed by atoms with Crippen LogP contribution in [0.2, 0.25) is 0 Å². The third-order valence-electron chi connectivity index (χ3n) is 3.34. The number of fused-ring (bicyclic) bond motifs is 1. The number of rotatable bonds is 3. The van der Waals surface area contributed by atoms with Crippen LogP contribution in [0.4, 0.5) is 4.39 Å². The van der Waals surface area contributed by atoms with Gasteiger partial charge >= 0.3 is 0 Å². The summed E-state index contributed by atoms with van der Waals surface area (Å²) in [6.45, 7) is 1.44. The van der Waals surface area contributed by atoms with Gasteiger partial charge in [0, 0.05) is 11.6 Å². The molecule has 0 aliphatic heterocycles. The highest BCUT2D eigenvalue weighted by atomic mass is 32.2. The van der Waals surface area contributed by atoms with Crippen LogP contribution >= 0.6 is 0 Å². The molecule has 0 aliphatic carbocycles. The molecule has 0 aliphatic rings. The molecule has 0 saturated carbocycles. The maximum atomic E-state index is 13.7. The molecule has 0 bridgehead atoms. The molecule has 0 heterocycles. The Morgan fingerprint density at radius 2 is 1.68 bits per heavy atom. The fraction of sp³-hybridized carbons (Fsp3) is 0.286. The second-order valence-corrected chi connectivity index (χ2v) is 7.06. The summed E-state index contributed by atoms with van der Waals surface area (Å²) in [6, 6.07) is 9.38. The maximum absolute atomic E-state index is 13.7. The lowest BCUT2D eigenvalue weighted by Gasteiger charge is -2.19. The second-order valence-electron chi connectivity index (χ2n) is 4.66. The Bertz CT molecular complexity index is 710. The van der Waals surface area contributed by atoms with Crippen LogP contribution in [0.1, 0.15) is 18.6 Å². The van der Waals surface area contributed by atoms with E-state index in [0.29, 0.717) is 16.3 Å². The first-order valence-corrected chi connectivity index (χ1v) is 7.82. The van der Waals surface area contributed by atoms with Gasteiger partial charge in [0.15, 0.2) is 9.84 Å². The van der Waals surface area contributed by atoms with Gasteiger partial charge in [-0.15, -0.1) is 0 Å². The van der Waals surface area contributed by atoms with E-state index in [1.165, 1.54) is 19.1 Å². The maximum Gasteiger partial charge on any atom is 0.152 e. The van der Waals surface area contributed by atoms with Crippen molar-refractivity contribution in [1.82, 2.24) is 0 Å². The topological polar surface area (TPSA) is 54.4 Å². The Morgan fingerprint density at radius 1 is 1.11 bits per heavy atom. The zero-order valence-corrected chi connectivity index (χ0v) is 11.5. The number of aliphatic hydroxyl groups is 1. The fourth-order valence-electron chi connectivity index (χ4n) is 2.03. The van der Waals surface area contributed by atoms with Crippen LogP contribution < -0.4 is 0 Å². The molecule has 2 aromatic rings. The Labute approximate surface area is 111 Å². The minimum Gasteiger partial charge on any atom is -0.387 e. The highest BCUT2D eigenvalue weighted by molar-refractivity contribution is 7.91. The van der Waals surface area contributed by atoms with Gasteiger partial charge in [0.25, 0.3) is 0 Å². The average Bonchev–Trinajstić information content (AvgIpc) is 2.37. The Balaban J connectivity index is 2.61. The minimum atomic E-state index is -3.37. The van der Waals surface area contributed by atoms with Gasteiger partial charge in [-0.05, 0) is 23.9 Å². The van der Waals surface area contributed by atoms with E-state index in [9.17, 15) is 17.9 Å². The molecule has 0 fully saturated rings. The van der Waals surface area contributed by atoms with Crippen molar-refractivity contribution in [2.45, 2.75) is 18.3 Å². The lowest BCUT2D eigenvalue weighted by atomic mass is 9.98. The molecule has 0 amide bonds. The number of hydrogen-bond donors (Lipinski definition) is 1. The van der Waals surface area contributed by atoms with Crippen molar-refractivity contribution in [3.63, 3.8) is 0 Å². The first-order chi connectivity index (χ1) is 8.82. The molecule has 2 atom stereocenters. The van der Waals surface area contributed by atoms with Crippen LogP contribution in [0.3, 0.4) is 0 Å². The van der Waals surface area contributed by atoms with Crippen LogP contribution in [0, 0.1) is 5.82 Å². The smallest absolute Gasteiger partial charge is 0.152 e. The molecule has 1 N–H and O–H groups in total. The summed E-state index contributed by atoms with van der Waals surface area (Å²) in [4.78, 5) is 0. The van der Waals surface area contributed by atoms with Crippen molar-refractivity contribution in [2.75, 3.05) is 6.26 Å². The standard InChI is InChI=1S/C14H15FO3S/c1-9(19(2,17)18)14(16)12-7-8-13(15)11-6-4-3-5-10(11)12/h3-9,14,16H,1-2H3. The highest BCUT2D eigenvalue weighted by Gasteiger charge is 2.26. The van der Waals surface area contributed by atoms with E-state index in [0.717, 1.165) is 6.26 Å². The lowest BCUT2D eigenvalue weighted by Crippen LogP contribution is -2.24. The summed E-state index contributed by atoms with van der Waals surface area (Å²) in [7, 11) is -3.37. The first-order valence-electron chi connectivity index (χ1n) is 5.86. The van der Waals surface area contributed by atoms with Gasteiger partial charge in [-0.1, -0.05) is 30.3 Å². The Morgan fingerprint density at radius 3 is 2.26 bits per heavy atom. The molecule has 2 aromatic carbocycles. The van der Waals surface area contributed by atoms with Gasteiger partial charge in [0.05, 0.1) is 11.4 Å². The van der Waals surface area contributed by atoms with Gasteiger partial charge < -0.3 is 5.11 Å². The normalized spacial score (nSPS) is 15.4. The second kappa shape index (κ2) is 4.90. The monoisotopic (exact) mass is 282 g/mol. The van der Waals surface area contributed by atoms with Crippen molar-refractivity contribution in [3.8, 4) is 0 Å². The van der Waals surface area contributed by atoms with Gasteiger partial charge in [-0.3, -0.25) is 0 Å². The summed E-state index contributed by atoms with van der Waals surface area (Å²) in [5.74, 6) is -0.390. The number of sulfone groups is 1. The lowest BCUT2D eigenvalue weighted by molar-refractivity contribution is 0.177. The summed E-state index contributed by atoms with van der Waals surface area (Å²) < 4.78 is 36.7. The zero-order chi connectivity index (χ0) is 14.2. The molecule has 3 nitrogen and oxygen atoms in total. The molecule has 0 spiro atoms. The molecule has 102 valence electrons. The number of hydrogen-bond acceptors (Lipinski definition) is 3. The van der Waals surface area contributed by atoms with E-state index in [1.807, 2.05) is 0 Å². The Hall–Kier alpha value is -1.46. The van der Waals surface area contributed by atoms with Crippen molar-refractivity contribution >= 4 is 20.6 Å². The molecule has 5 heteroatoms. The van der Waals surface area contributed by atoms with Gasteiger partial charge in [-0.25, -0.2) is 12.8 Å². The van der Waals surface area contributed by atoms with E-state index in [4.69, 9.17) is 0 Å². The highest BCUT2D eigenvalue weighted by Crippen LogP contribution is 2.30. The quantitative estimate of drug-likeness (QED) is 0.940. The molecular formula is C14H15FO3S. The van der Waals surface area contributed by atoms with Crippen LogP contribution in [0.25, 0.3) is 10.8 Å². The third-order valence-corrected chi connectivity index (χ3v) is 4.95. The molecule has 19 heavy (non-hydrogen) atoms. The van der Waals surface area contributed by atoms with Crippen molar-refractivity contribution < 1.29 is 17.9 Å². The summed E-state index contributed by atoms with van der Waals surface area (Å²) in [5.41, 5.74) is 0.426. The minimum absolute atomic E-state index is 0.375. The predicted molar refractivity (Wildman–Crippen MR) is 73.2 cm³/mol. The molecule has 2 unspecified atom stereocenters. The van der Waals surface area contributed by atoms with Crippen LogP contribution in [0.5, 0.6) is 0 Å². The average molecular weight is 282 g/mol. The predicted octanol–water partition coefficient (Wildman–Crippen LogP) is 2.45. The number of aliphatic hydroxyl groups excluding tert-OH is 1. The van der Waals surface area contributed by atoms with Crippen molar-refractivity contribution in [2.24, 2.45) is 0 Å². The molecule has 0 aromatic heterocycles. The molecule has 0 radical (unpaired) electrons. The van der Waals surface area contributed by atoms with Gasteiger partial charge in [0.1, 0.15) is 5.82 Å². The fourth-order valence-corrected chi connectivity index (χ4v) is 2.65. The largest absolute Gasteiger partial charge is 0.387 e. The zero-order valence-electron chi connectivity index (χ0n) is 10.7. The van der Waals surface area contributed by atoms with E-state index in [1.54, 1.807) is 24.3 Å². The van der Waals surface area contributed by atoms with Crippen LogP contribution in [0.15, 0.2) is 36.4 Å². The number of halogens is 1. The van der Waals surface area contributed by atoms with E-state index < -0.39 is 27.0 Å². The summed E-state index contributed by atoms with van der Waals surface area (Å²) in [6.07, 6.45) is -0.104. The number of benzene rings is 2. The first kappa shape index (κ1) is 14.0. The summed E-state index contributed by atoms with van der Waals surface area (Å²) >= 11 is 0. The van der Waals surface area contributed by atoms with Crippen molar-refractivity contribution in [1.29, 1.82) is 0 Å².